The van der Waals surface area contributed by atoms with Crippen LogP contribution in [0, 0.1) is 0 Å². The summed E-state index contributed by atoms with van der Waals surface area (Å²) < 4.78 is 5.88. The Morgan fingerprint density at radius 3 is 2.54 bits per heavy atom. The number of benzene rings is 1. The van der Waals surface area contributed by atoms with Gasteiger partial charge in [0.15, 0.2) is 0 Å². The summed E-state index contributed by atoms with van der Waals surface area (Å²) in [5.41, 5.74) is 6.62. The van der Waals surface area contributed by atoms with Crippen LogP contribution in [0.1, 0.15) is 10.4 Å². The van der Waals surface area contributed by atoms with Gasteiger partial charge in [-0.1, -0.05) is 0 Å². The second-order valence-electron chi connectivity index (χ2n) is 2.35. The number of halogens is 2. The van der Waals surface area contributed by atoms with Gasteiger partial charge in [0.05, 0.1) is 12.7 Å². The third-order valence-corrected chi connectivity index (χ3v) is 2.83. The summed E-state index contributed by atoms with van der Waals surface area (Å²) in [5.74, 6) is -0.396. The molecule has 0 saturated heterocycles. The highest BCUT2D eigenvalue weighted by Gasteiger charge is 2.12. The maximum atomic E-state index is 11.2. The molecule has 0 bridgehead atoms. The molecule has 2 N–H and O–H groups in total. The second kappa shape index (κ2) is 4.11. The zero-order chi connectivity index (χ0) is 10.0. The number of carbonyl (C=O) groups excluding carboxylic acids is 1. The summed E-state index contributed by atoms with van der Waals surface area (Å²) in [4.78, 5) is 11.2. The minimum atomic E-state index is -0.396. The number of hydrogen-bond acceptors (Lipinski definition) is 3. The van der Waals surface area contributed by atoms with Gasteiger partial charge in [0.25, 0.3) is 0 Å². The Kier molecular flexibility index (Phi) is 3.33. The van der Waals surface area contributed by atoms with Crippen LogP contribution in [0.4, 0.5) is 5.69 Å². The molecule has 0 radical (unpaired) electrons. The van der Waals surface area contributed by atoms with E-state index in [0.29, 0.717) is 20.2 Å². The molecule has 0 aliphatic rings. The monoisotopic (exact) mass is 307 g/mol. The summed E-state index contributed by atoms with van der Waals surface area (Å²) in [6, 6.07) is 3.27. The number of methoxy groups -OCH3 is 1. The SMILES string of the molecule is COC(=O)c1cc(Br)c(N)cc1Br. The molecule has 3 nitrogen and oxygen atoms in total. The van der Waals surface area contributed by atoms with E-state index in [4.69, 9.17) is 5.73 Å². The molecule has 0 saturated carbocycles. The minimum Gasteiger partial charge on any atom is -0.465 e. The first kappa shape index (κ1) is 10.5. The van der Waals surface area contributed by atoms with Crippen LogP contribution in [-0.2, 0) is 4.74 Å². The van der Waals surface area contributed by atoms with Crippen molar-refractivity contribution < 1.29 is 9.53 Å². The fraction of sp³-hybridized carbons (Fsp3) is 0.125. The van der Waals surface area contributed by atoms with Gasteiger partial charge in [-0.2, -0.15) is 0 Å². The molecule has 0 aromatic heterocycles. The number of esters is 1. The number of nitrogens with two attached hydrogens (primary N) is 1. The van der Waals surface area contributed by atoms with Crippen LogP contribution in [0.25, 0.3) is 0 Å². The Hall–Kier alpha value is -0.550. The Labute approximate surface area is 92.5 Å². The van der Waals surface area contributed by atoms with Gasteiger partial charge < -0.3 is 10.5 Å². The van der Waals surface area contributed by atoms with Crippen LogP contribution in [0.5, 0.6) is 0 Å². The van der Waals surface area contributed by atoms with Crippen LogP contribution in [0.3, 0.4) is 0 Å². The van der Waals surface area contributed by atoms with Crippen molar-refractivity contribution in [2.75, 3.05) is 12.8 Å². The van der Waals surface area contributed by atoms with Crippen LogP contribution in [0.15, 0.2) is 21.1 Å². The maximum absolute atomic E-state index is 11.2. The average molecular weight is 309 g/mol. The zero-order valence-corrected chi connectivity index (χ0v) is 9.98. The van der Waals surface area contributed by atoms with E-state index >= 15 is 0 Å². The first-order valence-electron chi connectivity index (χ1n) is 3.39. The second-order valence-corrected chi connectivity index (χ2v) is 4.05. The Bertz CT molecular complexity index is 352. The van der Waals surface area contributed by atoms with Gasteiger partial charge in [-0.3, -0.25) is 0 Å². The van der Waals surface area contributed by atoms with E-state index in [1.807, 2.05) is 0 Å². The van der Waals surface area contributed by atoms with Gasteiger partial charge in [-0.25, -0.2) is 4.79 Å². The van der Waals surface area contributed by atoms with Gasteiger partial charge in [-0.05, 0) is 44.0 Å². The molecule has 0 heterocycles. The number of hydrogen-bond donors (Lipinski definition) is 1. The quantitative estimate of drug-likeness (QED) is 0.641. The van der Waals surface area contributed by atoms with E-state index in [1.165, 1.54) is 7.11 Å². The number of anilines is 1. The summed E-state index contributed by atoms with van der Waals surface area (Å²) >= 11 is 6.45. The van der Waals surface area contributed by atoms with Gasteiger partial charge >= 0.3 is 5.97 Å². The minimum absolute atomic E-state index is 0.396. The molecule has 0 atom stereocenters. The van der Waals surface area contributed by atoms with E-state index in [-0.39, 0.29) is 0 Å². The van der Waals surface area contributed by atoms with Crippen molar-refractivity contribution in [1.29, 1.82) is 0 Å². The van der Waals surface area contributed by atoms with Crippen molar-refractivity contribution in [3.8, 4) is 0 Å². The van der Waals surface area contributed by atoms with Crippen LogP contribution < -0.4 is 5.73 Å². The number of rotatable bonds is 1. The lowest BCUT2D eigenvalue weighted by atomic mass is 10.2. The molecule has 0 fully saturated rings. The first-order chi connectivity index (χ1) is 6.06. The molecule has 0 aliphatic carbocycles. The zero-order valence-electron chi connectivity index (χ0n) is 6.80. The van der Waals surface area contributed by atoms with Crippen molar-refractivity contribution in [2.45, 2.75) is 0 Å². The smallest absolute Gasteiger partial charge is 0.339 e. The Morgan fingerprint density at radius 2 is 2.00 bits per heavy atom. The maximum Gasteiger partial charge on any atom is 0.339 e. The Morgan fingerprint density at radius 1 is 1.38 bits per heavy atom. The summed E-state index contributed by atoms with van der Waals surface area (Å²) in [7, 11) is 1.33. The molecule has 0 unspecified atom stereocenters. The van der Waals surface area contributed by atoms with Crippen LogP contribution >= 0.6 is 31.9 Å². The normalized spacial score (nSPS) is 9.77. The predicted molar refractivity (Wildman–Crippen MR) is 57.6 cm³/mol. The largest absolute Gasteiger partial charge is 0.465 e. The van der Waals surface area contributed by atoms with Crippen molar-refractivity contribution >= 4 is 43.5 Å². The summed E-state index contributed by atoms with van der Waals surface area (Å²) in [6.07, 6.45) is 0. The molecule has 0 spiro atoms. The molecule has 5 heteroatoms. The van der Waals surface area contributed by atoms with E-state index in [0.717, 1.165) is 0 Å². The van der Waals surface area contributed by atoms with Crippen LogP contribution in [0.2, 0.25) is 0 Å². The van der Waals surface area contributed by atoms with Gasteiger partial charge in [0, 0.05) is 14.6 Å². The lowest BCUT2D eigenvalue weighted by Crippen LogP contribution is -2.03. The van der Waals surface area contributed by atoms with E-state index in [2.05, 4.69) is 36.6 Å². The van der Waals surface area contributed by atoms with Gasteiger partial charge in [-0.15, -0.1) is 0 Å². The van der Waals surface area contributed by atoms with Gasteiger partial charge in [0.2, 0.25) is 0 Å². The van der Waals surface area contributed by atoms with Crippen molar-refractivity contribution in [3.63, 3.8) is 0 Å². The number of carbonyl (C=O) groups is 1. The lowest BCUT2D eigenvalue weighted by molar-refractivity contribution is 0.0599. The fourth-order valence-electron chi connectivity index (χ4n) is 0.829. The molecule has 1 rings (SSSR count). The summed E-state index contributed by atoms with van der Waals surface area (Å²) in [5, 5.41) is 0. The van der Waals surface area contributed by atoms with Crippen molar-refractivity contribution in [2.24, 2.45) is 0 Å². The third-order valence-electron chi connectivity index (χ3n) is 1.49. The molecular formula is C8H7Br2NO2. The van der Waals surface area contributed by atoms with Crippen LogP contribution in [-0.4, -0.2) is 13.1 Å². The lowest BCUT2D eigenvalue weighted by Gasteiger charge is -2.05. The molecule has 1 aromatic rings. The van der Waals surface area contributed by atoms with E-state index in [1.54, 1.807) is 12.1 Å². The number of ether oxygens (including phenoxy) is 1. The van der Waals surface area contributed by atoms with Gasteiger partial charge in [0.1, 0.15) is 0 Å². The highest BCUT2D eigenvalue weighted by atomic mass is 79.9. The van der Waals surface area contributed by atoms with E-state index < -0.39 is 5.97 Å². The fourth-order valence-corrected chi connectivity index (χ4v) is 1.69. The molecular weight excluding hydrogens is 302 g/mol. The first-order valence-corrected chi connectivity index (χ1v) is 4.97. The molecule has 0 amide bonds. The third kappa shape index (κ3) is 2.22. The molecule has 0 aliphatic heterocycles. The standard InChI is InChI=1S/C8H7Br2NO2/c1-13-8(12)4-2-6(10)7(11)3-5(4)9/h2-3H,11H2,1H3. The molecule has 70 valence electrons. The molecule has 13 heavy (non-hydrogen) atoms. The van der Waals surface area contributed by atoms with Crippen molar-refractivity contribution in [1.82, 2.24) is 0 Å². The Balaban J connectivity index is 3.23. The highest BCUT2D eigenvalue weighted by molar-refractivity contribution is 9.11. The average Bonchev–Trinajstić information content (AvgIpc) is 2.10. The van der Waals surface area contributed by atoms with E-state index in [9.17, 15) is 4.79 Å². The number of nitrogen functional groups attached to an aromatic ring is 1. The predicted octanol–water partition coefficient (Wildman–Crippen LogP) is 2.58. The highest BCUT2D eigenvalue weighted by Crippen LogP contribution is 2.27. The topological polar surface area (TPSA) is 52.3 Å². The summed E-state index contributed by atoms with van der Waals surface area (Å²) in [6.45, 7) is 0. The van der Waals surface area contributed by atoms with Crippen molar-refractivity contribution in [3.05, 3.63) is 26.6 Å². The molecule has 1 aromatic carbocycles.